The van der Waals surface area contributed by atoms with E-state index in [2.05, 4.69) is 0 Å². The van der Waals surface area contributed by atoms with Gasteiger partial charge in [-0.25, -0.2) is 0 Å². The number of carbonyl (C=O) groups is 1. The monoisotopic (exact) mass is 138 g/mol. The molecule has 1 heterocycles. The molecule has 1 aliphatic heterocycles. The van der Waals surface area contributed by atoms with Gasteiger partial charge in [0.05, 0.1) is 6.26 Å². The van der Waals surface area contributed by atoms with Gasteiger partial charge in [0.2, 0.25) is 0 Å². The van der Waals surface area contributed by atoms with E-state index in [9.17, 15) is 4.79 Å². The molecule has 2 nitrogen and oxygen atoms in total. The van der Waals surface area contributed by atoms with Gasteiger partial charge < -0.3 is 4.74 Å². The van der Waals surface area contributed by atoms with Crippen LogP contribution in [0.2, 0.25) is 0 Å². The lowest BCUT2D eigenvalue weighted by molar-refractivity contribution is -0.105. The van der Waals surface area contributed by atoms with Crippen LogP contribution in [0.15, 0.2) is 24.0 Å². The van der Waals surface area contributed by atoms with Crippen molar-refractivity contribution in [3.05, 3.63) is 24.0 Å². The fraction of sp³-hybridized carbons (Fsp3) is 0.375. The van der Waals surface area contributed by atoms with Crippen LogP contribution in [-0.2, 0) is 9.53 Å². The van der Waals surface area contributed by atoms with Gasteiger partial charge in [-0.05, 0) is 19.4 Å². The molecular weight excluding hydrogens is 128 g/mol. The molecule has 0 aromatic rings. The second-order valence-corrected chi connectivity index (χ2v) is 2.28. The Morgan fingerprint density at radius 1 is 1.80 bits per heavy atom. The Bertz CT molecular complexity index is 180. The first-order valence-electron chi connectivity index (χ1n) is 3.29. The molecule has 0 saturated carbocycles. The molecule has 0 aromatic carbocycles. The number of hydrogen-bond donors (Lipinski definition) is 0. The van der Waals surface area contributed by atoms with Gasteiger partial charge in [0, 0.05) is 5.57 Å². The van der Waals surface area contributed by atoms with Crippen LogP contribution in [0.5, 0.6) is 0 Å². The molecule has 0 fully saturated rings. The molecule has 1 rings (SSSR count). The van der Waals surface area contributed by atoms with E-state index in [1.54, 1.807) is 0 Å². The van der Waals surface area contributed by atoms with E-state index in [1.165, 1.54) is 6.26 Å². The van der Waals surface area contributed by atoms with E-state index in [0.29, 0.717) is 12.0 Å². The summed E-state index contributed by atoms with van der Waals surface area (Å²) in [7, 11) is 0. The van der Waals surface area contributed by atoms with E-state index in [1.807, 2.05) is 19.1 Å². The second kappa shape index (κ2) is 3.20. The normalized spacial score (nSPS) is 24.5. The minimum absolute atomic E-state index is 0.0949. The minimum atomic E-state index is 0.0949. The molecule has 0 aliphatic carbocycles. The van der Waals surface area contributed by atoms with Crippen LogP contribution in [0.4, 0.5) is 0 Å². The molecule has 0 aromatic heterocycles. The lowest BCUT2D eigenvalue weighted by Gasteiger charge is -2.02. The fourth-order valence-electron chi connectivity index (χ4n) is 0.760. The second-order valence-electron chi connectivity index (χ2n) is 2.28. The van der Waals surface area contributed by atoms with Crippen LogP contribution >= 0.6 is 0 Å². The number of hydrogen-bond acceptors (Lipinski definition) is 2. The molecule has 0 saturated heterocycles. The highest BCUT2D eigenvalue weighted by Crippen LogP contribution is 2.07. The van der Waals surface area contributed by atoms with Crippen molar-refractivity contribution in [1.82, 2.24) is 0 Å². The van der Waals surface area contributed by atoms with Crippen molar-refractivity contribution in [3.8, 4) is 0 Å². The average Bonchev–Trinajstić information content (AvgIpc) is 2.14. The average molecular weight is 138 g/mol. The van der Waals surface area contributed by atoms with Gasteiger partial charge in [-0.3, -0.25) is 4.79 Å². The van der Waals surface area contributed by atoms with E-state index >= 15 is 0 Å². The Balaban J connectivity index is 2.63. The van der Waals surface area contributed by atoms with Crippen molar-refractivity contribution in [1.29, 1.82) is 0 Å². The van der Waals surface area contributed by atoms with Crippen LogP contribution in [0.25, 0.3) is 0 Å². The van der Waals surface area contributed by atoms with Gasteiger partial charge in [0.1, 0.15) is 12.4 Å². The highest BCUT2D eigenvalue weighted by molar-refractivity contribution is 5.73. The maximum absolute atomic E-state index is 10.2. The van der Waals surface area contributed by atoms with Gasteiger partial charge in [0.25, 0.3) is 0 Å². The van der Waals surface area contributed by atoms with Gasteiger partial charge in [-0.2, -0.15) is 0 Å². The molecular formula is C8H10O2. The maximum Gasteiger partial charge on any atom is 0.149 e. The molecule has 10 heavy (non-hydrogen) atoms. The highest BCUT2D eigenvalue weighted by Gasteiger charge is 2.00. The first-order valence-corrected chi connectivity index (χ1v) is 3.29. The third-order valence-electron chi connectivity index (χ3n) is 1.35. The quantitative estimate of drug-likeness (QED) is 0.404. The van der Waals surface area contributed by atoms with Crippen LogP contribution in [-0.4, -0.2) is 12.4 Å². The summed E-state index contributed by atoms with van der Waals surface area (Å²) in [4.78, 5) is 10.2. The molecule has 54 valence electrons. The van der Waals surface area contributed by atoms with Gasteiger partial charge in [-0.1, -0.05) is 6.08 Å². The van der Waals surface area contributed by atoms with Gasteiger partial charge in [-0.15, -0.1) is 0 Å². The summed E-state index contributed by atoms with van der Waals surface area (Å²) >= 11 is 0. The molecule has 0 bridgehead atoms. The third-order valence-corrected chi connectivity index (χ3v) is 1.35. The number of allylic oxidation sites excluding steroid dienone is 2. The number of carbonyl (C=O) groups excluding carboxylic acids is 1. The number of rotatable bonds is 1. The molecule has 0 radical (unpaired) electrons. The zero-order valence-electron chi connectivity index (χ0n) is 5.91. The molecule has 0 unspecified atom stereocenters. The van der Waals surface area contributed by atoms with Crippen LogP contribution in [0.1, 0.15) is 13.3 Å². The van der Waals surface area contributed by atoms with Gasteiger partial charge in [0.15, 0.2) is 0 Å². The summed E-state index contributed by atoms with van der Waals surface area (Å²) in [6.07, 6.45) is 7.01. The molecule has 1 aliphatic rings. The lowest BCUT2D eigenvalue weighted by atomic mass is 10.2. The number of aldehydes is 1. The Morgan fingerprint density at radius 2 is 2.60 bits per heavy atom. The SMILES string of the molecule is C[C@H]1C=CCC(C=O)=CO1. The number of ether oxygens (including phenoxy) is 1. The van der Waals surface area contributed by atoms with E-state index in [-0.39, 0.29) is 6.10 Å². The minimum Gasteiger partial charge on any atom is -0.494 e. The van der Waals surface area contributed by atoms with Crippen molar-refractivity contribution in [2.45, 2.75) is 19.4 Å². The molecule has 0 N–H and O–H groups in total. The molecule has 0 spiro atoms. The van der Waals surface area contributed by atoms with Crippen LogP contribution in [0, 0.1) is 0 Å². The van der Waals surface area contributed by atoms with Crippen molar-refractivity contribution in [3.63, 3.8) is 0 Å². The Labute approximate surface area is 60.2 Å². The van der Waals surface area contributed by atoms with E-state index in [0.717, 1.165) is 6.29 Å². The summed E-state index contributed by atoms with van der Waals surface area (Å²) in [6, 6.07) is 0. The summed E-state index contributed by atoms with van der Waals surface area (Å²) < 4.78 is 5.13. The topological polar surface area (TPSA) is 26.3 Å². The Hall–Kier alpha value is -1.05. The van der Waals surface area contributed by atoms with Crippen LogP contribution in [0.3, 0.4) is 0 Å². The largest absolute Gasteiger partial charge is 0.494 e. The van der Waals surface area contributed by atoms with E-state index in [4.69, 9.17) is 4.74 Å². The smallest absolute Gasteiger partial charge is 0.149 e. The van der Waals surface area contributed by atoms with Crippen molar-refractivity contribution in [2.24, 2.45) is 0 Å². The molecule has 1 atom stereocenters. The van der Waals surface area contributed by atoms with Crippen molar-refractivity contribution < 1.29 is 9.53 Å². The van der Waals surface area contributed by atoms with Crippen molar-refractivity contribution >= 4 is 6.29 Å². The fourth-order valence-corrected chi connectivity index (χ4v) is 0.760. The summed E-state index contributed by atoms with van der Waals surface area (Å²) in [5.74, 6) is 0. The maximum atomic E-state index is 10.2. The predicted octanol–water partition coefficient (Wildman–Crippen LogP) is 1.43. The van der Waals surface area contributed by atoms with E-state index < -0.39 is 0 Å². The Morgan fingerprint density at radius 3 is 3.30 bits per heavy atom. The zero-order chi connectivity index (χ0) is 7.40. The zero-order valence-corrected chi connectivity index (χ0v) is 5.91. The first-order chi connectivity index (χ1) is 4.83. The first kappa shape index (κ1) is 7.06. The standard InChI is InChI=1S/C8H10O2/c1-7-3-2-4-8(5-9)6-10-7/h2-3,5-7H,4H2,1H3/t7-/m0/s1. The lowest BCUT2D eigenvalue weighted by Crippen LogP contribution is -1.96. The molecule has 2 heteroatoms. The van der Waals surface area contributed by atoms with Crippen LogP contribution < -0.4 is 0 Å². The highest BCUT2D eigenvalue weighted by atomic mass is 16.5. The summed E-state index contributed by atoms with van der Waals surface area (Å²) in [5.41, 5.74) is 0.695. The molecule has 0 amide bonds. The predicted molar refractivity (Wildman–Crippen MR) is 38.5 cm³/mol. The van der Waals surface area contributed by atoms with Gasteiger partial charge >= 0.3 is 0 Å². The Kier molecular flexibility index (Phi) is 2.26. The van der Waals surface area contributed by atoms with Crippen molar-refractivity contribution in [2.75, 3.05) is 0 Å². The summed E-state index contributed by atoms with van der Waals surface area (Å²) in [6.45, 7) is 1.93. The third kappa shape index (κ3) is 1.72. The summed E-state index contributed by atoms with van der Waals surface area (Å²) in [5, 5.41) is 0.